The number of carbonyl (C=O) groups excluding carboxylic acids is 3. The molecule has 0 fully saturated rings. The van der Waals surface area contributed by atoms with Gasteiger partial charge in [0.2, 0.25) is 5.91 Å². The van der Waals surface area contributed by atoms with Crippen LogP contribution in [0, 0.1) is 0 Å². The van der Waals surface area contributed by atoms with E-state index in [0.717, 1.165) is 0 Å². The molecular formula is C16H16N4O4. The standard InChI is InChI=1S/C16H16N4O4/c21-14(10-18-16(23)12-5-2-1-3-6-12)17-11-15(22)20-19-9-13-7-4-8-24-13/h1-9H,10-11H2,(H,17,21)(H,18,23)(H,20,22)/b19-9+. The fourth-order valence-corrected chi connectivity index (χ4v) is 1.67. The van der Waals surface area contributed by atoms with E-state index in [2.05, 4.69) is 21.2 Å². The number of carbonyl (C=O) groups is 3. The van der Waals surface area contributed by atoms with Gasteiger partial charge in [-0.05, 0) is 24.3 Å². The van der Waals surface area contributed by atoms with Gasteiger partial charge in [0.25, 0.3) is 11.8 Å². The Balaban J connectivity index is 1.64. The molecule has 2 rings (SSSR count). The molecule has 3 amide bonds. The van der Waals surface area contributed by atoms with Crippen molar-refractivity contribution in [2.45, 2.75) is 0 Å². The van der Waals surface area contributed by atoms with E-state index in [1.54, 1.807) is 42.5 Å². The molecule has 0 atom stereocenters. The van der Waals surface area contributed by atoms with Crippen LogP contribution in [-0.4, -0.2) is 37.0 Å². The van der Waals surface area contributed by atoms with Crippen molar-refractivity contribution in [1.82, 2.24) is 16.1 Å². The number of amides is 3. The summed E-state index contributed by atoms with van der Waals surface area (Å²) in [7, 11) is 0. The average Bonchev–Trinajstić information content (AvgIpc) is 3.12. The fraction of sp³-hybridized carbons (Fsp3) is 0.125. The van der Waals surface area contributed by atoms with Gasteiger partial charge < -0.3 is 15.1 Å². The second-order valence-electron chi connectivity index (χ2n) is 4.63. The van der Waals surface area contributed by atoms with Gasteiger partial charge in [0, 0.05) is 5.56 Å². The summed E-state index contributed by atoms with van der Waals surface area (Å²) < 4.78 is 4.99. The first-order valence-electron chi connectivity index (χ1n) is 7.10. The van der Waals surface area contributed by atoms with Crippen LogP contribution in [-0.2, 0) is 9.59 Å². The summed E-state index contributed by atoms with van der Waals surface area (Å²) in [5.41, 5.74) is 2.69. The van der Waals surface area contributed by atoms with Crippen LogP contribution in [0.3, 0.4) is 0 Å². The van der Waals surface area contributed by atoms with Gasteiger partial charge in [-0.3, -0.25) is 14.4 Å². The molecule has 0 aliphatic heterocycles. The number of hydrogen-bond acceptors (Lipinski definition) is 5. The van der Waals surface area contributed by atoms with Crippen molar-refractivity contribution in [3.8, 4) is 0 Å². The van der Waals surface area contributed by atoms with Crippen molar-refractivity contribution < 1.29 is 18.8 Å². The molecular weight excluding hydrogens is 312 g/mol. The average molecular weight is 328 g/mol. The van der Waals surface area contributed by atoms with Crippen LogP contribution in [0.25, 0.3) is 0 Å². The molecule has 1 heterocycles. The van der Waals surface area contributed by atoms with Crippen molar-refractivity contribution in [1.29, 1.82) is 0 Å². The summed E-state index contributed by atoms with van der Waals surface area (Å²) in [4.78, 5) is 34.8. The number of hydrazone groups is 1. The van der Waals surface area contributed by atoms with Crippen molar-refractivity contribution in [2.24, 2.45) is 5.10 Å². The maximum absolute atomic E-state index is 11.7. The van der Waals surface area contributed by atoms with E-state index in [1.165, 1.54) is 12.5 Å². The number of rotatable bonds is 7. The largest absolute Gasteiger partial charge is 0.463 e. The first-order chi connectivity index (χ1) is 11.6. The molecule has 0 saturated heterocycles. The third-order valence-electron chi connectivity index (χ3n) is 2.82. The number of furan rings is 1. The van der Waals surface area contributed by atoms with E-state index in [-0.39, 0.29) is 19.0 Å². The van der Waals surface area contributed by atoms with E-state index in [9.17, 15) is 14.4 Å². The fourth-order valence-electron chi connectivity index (χ4n) is 1.67. The van der Waals surface area contributed by atoms with Gasteiger partial charge in [-0.15, -0.1) is 0 Å². The number of nitrogens with zero attached hydrogens (tertiary/aromatic N) is 1. The van der Waals surface area contributed by atoms with Gasteiger partial charge in [-0.25, -0.2) is 5.43 Å². The Kier molecular flexibility index (Phi) is 6.27. The zero-order valence-corrected chi connectivity index (χ0v) is 12.7. The third kappa shape index (κ3) is 5.76. The van der Waals surface area contributed by atoms with Crippen LogP contribution >= 0.6 is 0 Å². The quantitative estimate of drug-likeness (QED) is 0.500. The number of benzene rings is 1. The summed E-state index contributed by atoms with van der Waals surface area (Å²) in [5, 5.41) is 8.50. The zero-order valence-electron chi connectivity index (χ0n) is 12.7. The minimum Gasteiger partial charge on any atom is -0.463 e. The summed E-state index contributed by atoms with van der Waals surface area (Å²) in [6, 6.07) is 11.9. The van der Waals surface area contributed by atoms with Crippen molar-refractivity contribution >= 4 is 23.9 Å². The Labute approximate surface area is 137 Å². The molecule has 24 heavy (non-hydrogen) atoms. The Hall–Kier alpha value is -3.42. The highest BCUT2D eigenvalue weighted by atomic mass is 16.3. The lowest BCUT2D eigenvalue weighted by Gasteiger charge is -2.06. The minimum atomic E-state index is -0.499. The Bertz CT molecular complexity index is 711. The second-order valence-corrected chi connectivity index (χ2v) is 4.63. The first-order valence-corrected chi connectivity index (χ1v) is 7.10. The Morgan fingerprint density at radius 1 is 0.958 bits per heavy atom. The van der Waals surface area contributed by atoms with E-state index < -0.39 is 11.8 Å². The summed E-state index contributed by atoms with van der Waals surface area (Å²) in [6.45, 7) is -0.480. The van der Waals surface area contributed by atoms with Gasteiger partial charge >= 0.3 is 0 Å². The highest BCUT2D eigenvalue weighted by Crippen LogP contribution is 1.97. The molecule has 0 aliphatic rings. The zero-order chi connectivity index (χ0) is 17.2. The molecule has 0 bridgehead atoms. The van der Waals surface area contributed by atoms with Crippen molar-refractivity contribution in [3.63, 3.8) is 0 Å². The molecule has 0 radical (unpaired) electrons. The number of nitrogens with one attached hydrogen (secondary N) is 3. The van der Waals surface area contributed by atoms with Crippen LogP contribution in [0.1, 0.15) is 16.1 Å². The Morgan fingerprint density at radius 2 is 1.71 bits per heavy atom. The highest BCUT2D eigenvalue weighted by Gasteiger charge is 2.08. The predicted octanol–water partition coefficient (Wildman–Crippen LogP) is 0.276. The molecule has 3 N–H and O–H groups in total. The van der Waals surface area contributed by atoms with Crippen LogP contribution in [0.15, 0.2) is 58.2 Å². The lowest BCUT2D eigenvalue weighted by atomic mass is 10.2. The second kappa shape index (κ2) is 8.89. The van der Waals surface area contributed by atoms with E-state index in [1.807, 2.05) is 0 Å². The molecule has 8 heteroatoms. The maximum Gasteiger partial charge on any atom is 0.259 e. The van der Waals surface area contributed by atoms with Crippen LogP contribution in [0.4, 0.5) is 0 Å². The smallest absolute Gasteiger partial charge is 0.259 e. The summed E-state index contributed by atoms with van der Waals surface area (Å²) in [5.74, 6) is -0.855. The molecule has 124 valence electrons. The highest BCUT2D eigenvalue weighted by molar-refractivity contribution is 5.96. The molecule has 2 aromatic rings. The van der Waals surface area contributed by atoms with Gasteiger partial charge in [0.1, 0.15) is 5.76 Å². The lowest BCUT2D eigenvalue weighted by Crippen LogP contribution is -2.41. The molecule has 0 unspecified atom stereocenters. The van der Waals surface area contributed by atoms with E-state index in [0.29, 0.717) is 11.3 Å². The molecule has 0 spiro atoms. The van der Waals surface area contributed by atoms with Gasteiger partial charge in [0.15, 0.2) is 0 Å². The predicted molar refractivity (Wildman–Crippen MR) is 86.2 cm³/mol. The third-order valence-corrected chi connectivity index (χ3v) is 2.82. The molecule has 0 saturated carbocycles. The van der Waals surface area contributed by atoms with Gasteiger partial charge in [-0.1, -0.05) is 18.2 Å². The maximum atomic E-state index is 11.7. The van der Waals surface area contributed by atoms with Gasteiger partial charge in [-0.2, -0.15) is 5.10 Å². The normalized spacial score (nSPS) is 10.3. The molecule has 0 aliphatic carbocycles. The number of hydrogen-bond donors (Lipinski definition) is 3. The first kappa shape index (κ1) is 16.9. The van der Waals surface area contributed by atoms with E-state index >= 15 is 0 Å². The van der Waals surface area contributed by atoms with E-state index in [4.69, 9.17) is 4.42 Å². The monoisotopic (exact) mass is 328 g/mol. The van der Waals surface area contributed by atoms with Gasteiger partial charge in [0.05, 0.1) is 25.6 Å². The lowest BCUT2D eigenvalue weighted by molar-refractivity contribution is -0.125. The van der Waals surface area contributed by atoms with Crippen LogP contribution < -0.4 is 16.1 Å². The molecule has 8 nitrogen and oxygen atoms in total. The minimum absolute atomic E-state index is 0.226. The van der Waals surface area contributed by atoms with Crippen LogP contribution in [0.5, 0.6) is 0 Å². The van der Waals surface area contributed by atoms with Crippen LogP contribution in [0.2, 0.25) is 0 Å². The molecule has 1 aromatic carbocycles. The Morgan fingerprint density at radius 3 is 2.42 bits per heavy atom. The SMILES string of the molecule is O=C(CNC(=O)c1ccccc1)NCC(=O)N/N=C/c1ccco1. The molecule has 1 aromatic heterocycles. The summed E-state index contributed by atoms with van der Waals surface area (Å²) in [6.07, 6.45) is 2.81. The van der Waals surface area contributed by atoms with Crippen molar-refractivity contribution in [2.75, 3.05) is 13.1 Å². The summed E-state index contributed by atoms with van der Waals surface area (Å²) >= 11 is 0. The topological polar surface area (TPSA) is 113 Å². The van der Waals surface area contributed by atoms with Crippen molar-refractivity contribution in [3.05, 3.63) is 60.1 Å².